The molecular formula is C10H12BrNO4. The Morgan fingerprint density at radius 2 is 2.25 bits per heavy atom. The molecule has 0 saturated carbocycles. The van der Waals surface area contributed by atoms with Gasteiger partial charge in [-0.1, -0.05) is 12.1 Å². The maximum Gasteiger partial charge on any atom is 0.207 e. The minimum atomic E-state index is -0.353. The zero-order valence-electron chi connectivity index (χ0n) is 8.56. The van der Waals surface area contributed by atoms with Gasteiger partial charge in [0.15, 0.2) is 0 Å². The van der Waals surface area contributed by atoms with Gasteiger partial charge in [0.2, 0.25) is 6.54 Å². The molecule has 88 valence electrons. The second-order valence-electron chi connectivity index (χ2n) is 3.11. The van der Waals surface area contributed by atoms with Crippen molar-refractivity contribution in [2.24, 2.45) is 0 Å². The van der Waals surface area contributed by atoms with Gasteiger partial charge in [-0.3, -0.25) is 10.1 Å². The number of rotatable bonds is 6. The third-order valence-corrected chi connectivity index (χ3v) is 2.86. The molecule has 0 saturated heterocycles. The standard InChI is InChI=1S/C10H12BrNO4/c11-10-8(4-5-12(14)15)2-1-3-9(10)16-7-6-13/h1-3,13H,4-7H2. The Morgan fingerprint density at radius 3 is 2.88 bits per heavy atom. The van der Waals surface area contributed by atoms with Gasteiger partial charge in [-0.05, 0) is 27.6 Å². The zero-order valence-corrected chi connectivity index (χ0v) is 10.1. The highest BCUT2D eigenvalue weighted by atomic mass is 79.9. The lowest BCUT2D eigenvalue weighted by molar-refractivity contribution is -0.479. The molecule has 0 radical (unpaired) electrons. The van der Waals surface area contributed by atoms with E-state index < -0.39 is 0 Å². The van der Waals surface area contributed by atoms with Gasteiger partial charge >= 0.3 is 0 Å². The molecule has 0 spiro atoms. The molecule has 1 N–H and O–H groups in total. The predicted octanol–water partition coefficient (Wildman–Crippen LogP) is 1.64. The van der Waals surface area contributed by atoms with Crippen LogP contribution in [0.4, 0.5) is 0 Å². The Hall–Kier alpha value is -1.14. The van der Waals surface area contributed by atoms with E-state index in [1.807, 2.05) is 0 Å². The summed E-state index contributed by atoms with van der Waals surface area (Å²) in [6.07, 6.45) is 0.351. The van der Waals surface area contributed by atoms with Crippen molar-refractivity contribution < 1.29 is 14.8 Å². The van der Waals surface area contributed by atoms with Gasteiger partial charge in [0.1, 0.15) is 12.4 Å². The molecule has 16 heavy (non-hydrogen) atoms. The molecule has 1 rings (SSSR count). The molecule has 0 aromatic heterocycles. The quantitative estimate of drug-likeness (QED) is 0.638. The van der Waals surface area contributed by atoms with E-state index in [0.717, 1.165) is 5.56 Å². The average Bonchev–Trinajstić information content (AvgIpc) is 2.26. The lowest BCUT2D eigenvalue weighted by Gasteiger charge is -2.09. The van der Waals surface area contributed by atoms with Crippen molar-refractivity contribution >= 4 is 15.9 Å². The molecule has 1 aromatic rings. The third-order valence-electron chi connectivity index (χ3n) is 1.96. The number of ether oxygens (including phenoxy) is 1. The number of nitro groups is 1. The molecule has 0 amide bonds. The number of hydrogen-bond donors (Lipinski definition) is 1. The summed E-state index contributed by atoms with van der Waals surface area (Å²) in [6.45, 7) is 0.0326. The van der Waals surface area contributed by atoms with E-state index in [4.69, 9.17) is 9.84 Å². The van der Waals surface area contributed by atoms with Crippen molar-refractivity contribution in [3.8, 4) is 5.75 Å². The van der Waals surface area contributed by atoms with Crippen LogP contribution >= 0.6 is 15.9 Å². The molecule has 0 aliphatic rings. The molecule has 1 aromatic carbocycles. The van der Waals surface area contributed by atoms with Crippen LogP contribution in [0.5, 0.6) is 5.75 Å². The third kappa shape index (κ3) is 3.79. The molecule has 0 fully saturated rings. The predicted molar refractivity (Wildman–Crippen MR) is 62.3 cm³/mol. The normalized spacial score (nSPS) is 10.1. The van der Waals surface area contributed by atoms with Crippen LogP contribution in [0, 0.1) is 10.1 Å². The van der Waals surface area contributed by atoms with E-state index in [1.54, 1.807) is 18.2 Å². The Labute approximate surface area is 101 Å². The van der Waals surface area contributed by atoms with E-state index in [1.165, 1.54) is 0 Å². The highest BCUT2D eigenvalue weighted by Crippen LogP contribution is 2.28. The summed E-state index contributed by atoms with van der Waals surface area (Å²) >= 11 is 3.33. The van der Waals surface area contributed by atoms with Crippen LogP contribution in [-0.2, 0) is 6.42 Å². The van der Waals surface area contributed by atoms with Crippen LogP contribution in [0.3, 0.4) is 0 Å². The maximum absolute atomic E-state index is 10.3. The summed E-state index contributed by atoms with van der Waals surface area (Å²) in [5.41, 5.74) is 0.826. The highest BCUT2D eigenvalue weighted by molar-refractivity contribution is 9.10. The SMILES string of the molecule is O=[N+]([O-])CCc1cccc(OCCO)c1Br. The first kappa shape index (κ1) is 12.9. The minimum absolute atomic E-state index is 0.0639. The molecule has 0 aliphatic heterocycles. The summed E-state index contributed by atoms with van der Waals surface area (Å²) in [4.78, 5) is 9.91. The van der Waals surface area contributed by atoms with Crippen LogP contribution in [0.25, 0.3) is 0 Å². The molecule has 0 heterocycles. The van der Waals surface area contributed by atoms with Crippen LogP contribution in [-0.4, -0.2) is 29.8 Å². The number of nitrogens with zero attached hydrogens (tertiary/aromatic N) is 1. The lowest BCUT2D eigenvalue weighted by atomic mass is 10.1. The van der Waals surface area contributed by atoms with E-state index in [2.05, 4.69) is 15.9 Å². The fraction of sp³-hybridized carbons (Fsp3) is 0.400. The first-order valence-electron chi connectivity index (χ1n) is 4.78. The number of halogens is 1. The fourth-order valence-corrected chi connectivity index (χ4v) is 1.81. The number of aliphatic hydroxyl groups excluding tert-OH is 1. The molecular weight excluding hydrogens is 278 g/mol. The smallest absolute Gasteiger partial charge is 0.207 e. The number of aliphatic hydroxyl groups is 1. The Bertz CT molecular complexity index is 370. The molecule has 5 nitrogen and oxygen atoms in total. The Kier molecular flexibility index (Phi) is 5.21. The molecule has 0 unspecified atom stereocenters. The van der Waals surface area contributed by atoms with Crippen molar-refractivity contribution in [3.63, 3.8) is 0 Å². The summed E-state index contributed by atoms with van der Waals surface area (Å²) in [6, 6.07) is 5.32. The fourth-order valence-electron chi connectivity index (χ4n) is 1.23. The van der Waals surface area contributed by atoms with Crippen molar-refractivity contribution in [2.75, 3.05) is 19.8 Å². The van der Waals surface area contributed by atoms with Crippen LogP contribution in [0.15, 0.2) is 22.7 Å². The molecule has 0 atom stereocenters. The van der Waals surface area contributed by atoms with Crippen molar-refractivity contribution in [2.45, 2.75) is 6.42 Å². The second-order valence-corrected chi connectivity index (χ2v) is 3.90. The monoisotopic (exact) mass is 289 g/mol. The molecule has 6 heteroatoms. The first-order chi connectivity index (χ1) is 7.65. The van der Waals surface area contributed by atoms with E-state index in [0.29, 0.717) is 16.6 Å². The Balaban J connectivity index is 2.73. The van der Waals surface area contributed by atoms with Gasteiger partial charge in [-0.2, -0.15) is 0 Å². The van der Waals surface area contributed by atoms with E-state index >= 15 is 0 Å². The second kappa shape index (κ2) is 6.44. The summed E-state index contributed by atoms with van der Waals surface area (Å²) in [5, 5.41) is 18.9. The summed E-state index contributed by atoms with van der Waals surface area (Å²) in [5.74, 6) is 0.592. The van der Waals surface area contributed by atoms with Gasteiger partial charge < -0.3 is 9.84 Å². The van der Waals surface area contributed by atoms with Crippen molar-refractivity contribution in [1.82, 2.24) is 0 Å². The van der Waals surface area contributed by atoms with Gasteiger partial charge in [-0.15, -0.1) is 0 Å². The van der Waals surface area contributed by atoms with Crippen LogP contribution in [0.2, 0.25) is 0 Å². The first-order valence-corrected chi connectivity index (χ1v) is 5.57. The summed E-state index contributed by atoms with van der Waals surface area (Å²) in [7, 11) is 0. The average molecular weight is 290 g/mol. The van der Waals surface area contributed by atoms with Gasteiger partial charge in [-0.25, -0.2) is 0 Å². The zero-order chi connectivity index (χ0) is 12.0. The molecule has 0 aliphatic carbocycles. The topological polar surface area (TPSA) is 72.6 Å². The van der Waals surface area contributed by atoms with Gasteiger partial charge in [0.05, 0.1) is 11.1 Å². The summed E-state index contributed by atoms with van der Waals surface area (Å²) < 4.78 is 5.98. The minimum Gasteiger partial charge on any atom is -0.490 e. The van der Waals surface area contributed by atoms with Gasteiger partial charge in [0.25, 0.3) is 0 Å². The van der Waals surface area contributed by atoms with E-state index in [-0.39, 0.29) is 24.7 Å². The van der Waals surface area contributed by atoms with Crippen LogP contribution < -0.4 is 4.74 Å². The number of benzene rings is 1. The van der Waals surface area contributed by atoms with Crippen molar-refractivity contribution in [3.05, 3.63) is 38.3 Å². The highest BCUT2D eigenvalue weighted by Gasteiger charge is 2.08. The lowest BCUT2D eigenvalue weighted by Crippen LogP contribution is -2.06. The number of hydrogen-bond acceptors (Lipinski definition) is 4. The Morgan fingerprint density at radius 1 is 1.50 bits per heavy atom. The van der Waals surface area contributed by atoms with Crippen molar-refractivity contribution in [1.29, 1.82) is 0 Å². The van der Waals surface area contributed by atoms with Crippen LogP contribution in [0.1, 0.15) is 5.56 Å². The largest absolute Gasteiger partial charge is 0.490 e. The van der Waals surface area contributed by atoms with Gasteiger partial charge in [0, 0.05) is 11.3 Å². The molecule has 0 bridgehead atoms. The van der Waals surface area contributed by atoms with E-state index in [9.17, 15) is 10.1 Å². The maximum atomic E-state index is 10.3.